The van der Waals surface area contributed by atoms with Crippen LogP contribution in [-0.2, 0) is 19.0 Å². The molecule has 1 rings (SSSR count). The molecule has 0 aliphatic carbocycles. The lowest BCUT2D eigenvalue weighted by atomic mass is 9.98. The Hall–Kier alpha value is -2.40. The standard InChI is InChI=1S/C19H25NO5/c1-6-10-15(21)16(20-18(22)25-19(2,3)4)17(24-13-23-5)14-11-8-7-9-12-14/h7-12,16-17H,1,13H2,2-5H3,(H,20,22)/t16-,17+/m0/s1. The molecule has 2 atom stereocenters. The number of nitrogens with one attached hydrogen (secondary N) is 1. The van der Waals surface area contributed by atoms with Crippen molar-refractivity contribution in [1.82, 2.24) is 5.32 Å². The Morgan fingerprint density at radius 1 is 1.28 bits per heavy atom. The van der Waals surface area contributed by atoms with E-state index in [2.05, 4.69) is 17.6 Å². The summed E-state index contributed by atoms with van der Waals surface area (Å²) in [6.45, 7) is 8.58. The summed E-state index contributed by atoms with van der Waals surface area (Å²) in [5.74, 6) is -0.411. The van der Waals surface area contributed by atoms with Gasteiger partial charge in [-0.3, -0.25) is 4.79 Å². The first-order valence-corrected chi connectivity index (χ1v) is 7.83. The van der Waals surface area contributed by atoms with E-state index >= 15 is 0 Å². The molecule has 25 heavy (non-hydrogen) atoms. The van der Waals surface area contributed by atoms with Gasteiger partial charge in [0, 0.05) is 13.2 Å². The molecule has 0 aromatic heterocycles. The summed E-state index contributed by atoms with van der Waals surface area (Å²) in [5, 5.41) is 2.58. The van der Waals surface area contributed by atoms with Crippen LogP contribution in [0.5, 0.6) is 0 Å². The van der Waals surface area contributed by atoms with Gasteiger partial charge in [-0.05, 0) is 26.3 Å². The number of alkyl carbamates (subject to hydrolysis) is 1. The highest BCUT2D eigenvalue weighted by Gasteiger charge is 2.32. The monoisotopic (exact) mass is 347 g/mol. The van der Waals surface area contributed by atoms with Crippen LogP contribution in [0.25, 0.3) is 0 Å². The van der Waals surface area contributed by atoms with Gasteiger partial charge in [0.25, 0.3) is 0 Å². The van der Waals surface area contributed by atoms with E-state index in [0.29, 0.717) is 5.56 Å². The number of ether oxygens (including phenoxy) is 3. The molecule has 0 saturated carbocycles. The van der Waals surface area contributed by atoms with Crippen LogP contribution in [0.2, 0.25) is 0 Å². The number of ketones is 1. The van der Waals surface area contributed by atoms with E-state index in [1.54, 1.807) is 32.9 Å². The fraction of sp³-hybridized carbons (Fsp3) is 0.421. The Morgan fingerprint density at radius 2 is 1.92 bits per heavy atom. The molecular weight excluding hydrogens is 322 g/mol. The number of hydrogen-bond donors (Lipinski definition) is 1. The SMILES string of the molecule is C=C=CC(=O)[C@H](NC(=O)OC(C)(C)C)[C@H](OCOC)c1ccccc1. The van der Waals surface area contributed by atoms with Gasteiger partial charge in [0.05, 0.1) is 0 Å². The van der Waals surface area contributed by atoms with Crippen molar-refractivity contribution in [3.8, 4) is 0 Å². The zero-order chi connectivity index (χ0) is 18.9. The van der Waals surface area contributed by atoms with Crippen molar-refractivity contribution < 1.29 is 23.8 Å². The molecule has 0 fully saturated rings. The fourth-order valence-corrected chi connectivity index (χ4v) is 2.09. The van der Waals surface area contributed by atoms with Crippen molar-refractivity contribution in [2.75, 3.05) is 13.9 Å². The molecule has 0 bridgehead atoms. The lowest BCUT2D eigenvalue weighted by Crippen LogP contribution is -2.47. The predicted molar refractivity (Wildman–Crippen MR) is 94.0 cm³/mol. The fourth-order valence-electron chi connectivity index (χ4n) is 2.09. The van der Waals surface area contributed by atoms with Crippen LogP contribution in [0.15, 0.2) is 48.7 Å². The second-order valence-electron chi connectivity index (χ2n) is 6.28. The molecule has 1 aromatic carbocycles. The van der Waals surface area contributed by atoms with E-state index in [-0.39, 0.29) is 6.79 Å². The van der Waals surface area contributed by atoms with Crippen molar-refractivity contribution in [2.24, 2.45) is 0 Å². The lowest BCUT2D eigenvalue weighted by Gasteiger charge is -2.28. The maximum Gasteiger partial charge on any atom is 0.408 e. The molecule has 1 N–H and O–H groups in total. The van der Waals surface area contributed by atoms with Gasteiger partial charge in [0.1, 0.15) is 24.5 Å². The molecule has 0 heterocycles. The number of amides is 1. The topological polar surface area (TPSA) is 73.9 Å². The first-order chi connectivity index (χ1) is 11.8. The summed E-state index contributed by atoms with van der Waals surface area (Å²) >= 11 is 0. The number of rotatable bonds is 8. The summed E-state index contributed by atoms with van der Waals surface area (Å²) in [4.78, 5) is 24.6. The highest BCUT2D eigenvalue weighted by molar-refractivity contribution is 5.96. The minimum atomic E-state index is -1.01. The second kappa shape index (κ2) is 9.79. The van der Waals surface area contributed by atoms with Crippen LogP contribution in [0, 0.1) is 0 Å². The van der Waals surface area contributed by atoms with Gasteiger partial charge in [0.15, 0.2) is 5.78 Å². The average Bonchev–Trinajstić information content (AvgIpc) is 2.53. The highest BCUT2D eigenvalue weighted by Crippen LogP contribution is 2.23. The molecule has 136 valence electrons. The van der Waals surface area contributed by atoms with Gasteiger partial charge < -0.3 is 19.5 Å². The second-order valence-corrected chi connectivity index (χ2v) is 6.28. The first kappa shape index (κ1) is 20.6. The Morgan fingerprint density at radius 3 is 2.44 bits per heavy atom. The van der Waals surface area contributed by atoms with Gasteiger partial charge >= 0.3 is 6.09 Å². The van der Waals surface area contributed by atoms with Gasteiger partial charge in [0.2, 0.25) is 0 Å². The van der Waals surface area contributed by atoms with Crippen molar-refractivity contribution in [3.05, 3.63) is 54.3 Å². The van der Waals surface area contributed by atoms with Crippen LogP contribution in [-0.4, -0.2) is 37.4 Å². The third kappa shape index (κ3) is 7.35. The molecule has 6 heteroatoms. The molecule has 6 nitrogen and oxygen atoms in total. The number of carbonyl (C=O) groups is 2. The van der Waals surface area contributed by atoms with E-state index in [4.69, 9.17) is 14.2 Å². The molecule has 0 saturated heterocycles. The zero-order valence-electron chi connectivity index (χ0n) is 15.1. The van der Waals surface area contributed by atoms with Crippen LogP contribution < -0.4 is 5.32 Å². The number of methoxy groups -OCH3 is 1. The normalized spacial score (nSPS) is 13.3. The lowest BCUT2D eigenvalue weighted by molar-refractivity contribution is -0.126. The van der Waals surface area contributed by atoms with Crippen LogP contribution in [0.4, 0.5) is 4.79 Å². The van der Waals surface area contributed by atoms with Crippen LogP contribution >= 0.6 is 0 Å². The summed E-state index contributed by atoms with van der Waals surface area (Å²) in [7, 11) is 1.48. The van der Waals surface area contributed by atoms with Gasteiger partial charge in [-0.25, -0.2) is 4.79 Å². The summed E-state index contributed by atoms with van der Waals surface area (Å²) in [6.07, 6.45) is -0.315. The van der Waals surface area contributed by atoms with E-state index < -0.39 is 29.6 Å². The summed E-state index contributed by atoms with van der Waals surface area (Å²) in [6, 6.07) is 8.07. The van der Waals surface area contributed by atoms with Crippen molar-refractivity contribution in [3.63, 3.8) is 0 Å². The summed E-state index contributed by atoms with van der Waals surface area (Å²) < 4.78 is 15.9. The largest absolute Gasteiger partial charge is 0.444 e. The van der Waals surface area contributed by atoms with Crippen LogP contribution in [0.3, 0.4) is 0 Å². The predicted octanol–water partition coefficient (Wildman–Crippen LogP) is 3.15. The maximum absolute atomic E-state index is 12.5. The molecule has 1 aromatic rings. The number of benzene rings is 1. The number of hydrogen-bond acceptors (Lipinski definition) is 5. The third-order valence-electron chi connectivity index (χ3n) is 3.02. The minimum Gasteiger partial charge on any atom is -0.444 e. The van der Waals surface area contributed by atoms with Gasteiger partial charge in [-0.1, -0.05) is 36.9 Å². The van der Waals surface area contributed by atoms with Crippen molar-refractivity contribution >= 4 is 11.9 Å². The first-order valence-electron chi connectivity index (χ1n) is 7.83. The molecular formula is C19H25NO5. The van der Waals surface area contributed by atoms with Crippen LogP contribution in [0.1, 0.15) is 32.4 Å². The van der Waals surface area contributed by atoms with Crippen molar-refractivity contribution in [2.45, 2.75) is 38.5 Å². The highest BCUT2D eigenvalue weighted by atomic mass is 16.7. The quantitative estimate of drug-likeness (QED) is 0.444. The Kier molecular flexibility index (Phi) is 8.08. The Labute approximate surface area is 148 Å². The average molecular weight is 347 g/mol. The molecule has 1 amide bonds. The zero-order valence-corrected chi connectivity index (χ0v) is 15.1. The van der Waals surface area contributed by atoms with Crippen molar-refractivity contribution in [1.29, 1.82) is 0 Å². The molecule has 0 radical (unpaired) electrons. The van der Waals surface area contributed by atoms with E-state index in [1.807, 2.05) is 18.2 Å². The molecule has 0 aliphatic rings. The van der Waals surface area contributed by atoms with Gasteiger partial charge in [-0.15, -0.1) is 5.73 Å². The Bertz CT molecular complexity index is 614. The third-order valence-corrected chi connectivity index (χ3v) is 3.02. The molecule has 0 spiro atoms. The number of carbonyl (C=O) groups excluding carboxylic acids is 2. The van der Waals surface area contributed by atoms with E-state index in [0.717, 1.165) is 6.08 Å². The van der Waals surface area contributed by atoms with Gasteiger partial charge in [-0.2, -0.15) is 0 Å². The Balaban J connectivity index is 3.13. The summed E-state index contributed by atoms with van der Waals surface area (Å²) in [5.41, 5.74) is 2.45. The minimum absolute atomic E-state index is 0.0445. The van der Waals surface area contributed by atoms with E-state index in [9.17, 15) is 9.59 Å². The molecule has 0 aliphatic heterocycles. The smallest absolute Gasteiger partial charge is 0.408 e. The maximum atomic E-state index is 12.5. The molecule has 0 unspecified atom stereocenters. The van der Waals surface area contributed by atoms with E-state index in [1.165, 1.54) is 7.11 Å².